The van der Waals surface area contributed by atoms with Crippen molar-refractivity contribution in [2.45, 2.75) is 70.8 Å². The smallest absolute Gasteiger partial charge is 0.223 e. The lowest BCUT2D eigenvalue weighted by molar-refractivity contribution is -0.130. The molecule has 11 heteroatoms. The normalized spacial score (nSPS) is 23.6. The van der Waals surface area contributed by atoms with Crippen LogP contribution in [0.2, 0.25) is 0 Å². The average molecular weight is 546 g/mol. The van der Waals surface area contributed by atoms with Gasteiger partial charge in [0.25, 0.3) is 0 Å². The first-order valence-corrected chi connectivity index (χ1v) is 13.8. The molecule has 10 nitrogen and oxygen atoms in total. The summed E-state index contributed by atoms with van der Waals surface area (Å²) in [6.45, 7) is 5.89. The molecule has 2 aliphatic carbocycles. The number of hydrogen-bond donors (Lipinski definition) is 4. The number of nitrogens with two attached hydrogens (primary N) is 1. The number of rotatable bonds is 8. The summed E-state index contributed by atoms with van der Waals surface area (Å²) in [6.07, 6.45) is 9.20. The van der Waals surface area contributed by atoms with Gasteiger partial charge in [-0.3, -0.25) is 9.89 Å². The van der Waals surface area contributed by atoms with Gasteiger partial charge in [0.15, 0.2) is 17.5 Å². The number of pyridine rings is 1. The molecule has 0 saturated heterocycles. The molecule has 5 rings (SSSR count). The Morgan fingerprint density at radius 1 is 1.23 bits per heavy atom. The van der Waals surface area contributed by atoms with Gasteiger partial charge in [-0.05, 0) is 70.4 Å². The van der Waals surface area contributed by atoms with Crippen molar-refractivity contribution in [1.29, 1.82) is 0 Å². The largest absolute Gasteiger partial charge is 0.402 e. The highest BCUT2D eigenvalue weighted by atomic mass is 19.1. The molecule has 3 aromatic heterocycles. The molecule has 2 fully saturated rings. The summed E-state index contributed by atoms with van der Waals surface area (Å²) in [4.78, 5) is 31.5. The van der Waals surface area contributed by atoms with Crippen molar-refractivity contribution in [2.75, 3.05) is 5.32 Å². The van der Waals surface area contributed by atoms with E-state index in [1.807, 2.05) is 39.0 Å². The molecular weight excluding hydrogens is 509 g/mol. The van der Waals surface area contributed by atoms with Gasteiger partial charge in [0.05, 0.1) is 12.3 Å². The summed E-state index contributed by atoms with van der Waals surface area (Å²) >= 11 is 0. The lowest BCUT2D eigenvalue weighted by atomic mass is 9.58. The van der Waals surface area contributed by atoms with Crippen LogP contribution in [-0.2, 0) is 10.2 Å². The number of aryl methyl sites for hydroxylation is 2. The third-order valence-electron chi connectivity index (χ3n) is 8.12. The number of fused-ring (bicyclic) bond motifs is 2. The molecular formula is C29H36FN9O. The molecule has 2 aliphatic rings. The van der Waals surface area contributed by atoms with Crippen molar-refractivity contribution in [1.82, 2.24) is 30.5 Å². The number of carbonyl (C=O) groups excluding carboxylic acids is 1. The Morgan fingerprint density at radius 3 is 2.80 bits per heavy atom. The zero-order chi connectivity index (χ0) is 28.3. The van der Waals surface area contributed by atoms with E-state index in [-0.39, 0.29) is 29.2 Å². The molecule has 3 unspecified atom stereocenters. The minimum atomic E-state index is -0.638. The molecule has 2 saturated carbocycles. The molecule has 0 spiro atoms. The number of carbonyl (C=O) groups is 1. The second-order valence-corrected chi connectivity index (χ2v) is 11.1. The van der Waals surface area contributed by atoms with Crippen LogP contribution in [0, 0.1) is 25.7 Å². The lowest BCUT2D eigenvalue weighted by Gasteiger charge is -2.47. The molecule has 0 aromatic carbocycles. The van der Waals surface area contributed by atoms with E-state index in [0.717, 1.165) is 85.4 Å². The lowest BCUT2D eigenvalue weighted by Crippen LogP contribution is -2.47. The van der Waals surface area contributed by atoms with Crippen LogP contribution in [0.15, 0.2) is 47.5 Å². The summed E-state index contributed by atoms with van der Waals surface area (Å²) < 4.78 is 13.2. The number of allylic oxidation sites excluding steroid dienone is 1. The van der Waals surface area contributed by atoms with Crippen LogP contribution in [0.4, 0.5) is 21.8 Å². The van der Waals surface area contributed by atoms with Crippen LogP contribution >= 0.6 is 0 Å². The Kier molecular flexibility index (Phi) is 7.90. The summed E-state index contributed by atoms with van der Waals surface area (Å²) in [5.74, 6) is 2.37. The van der Waals surface area contributed by atoms with E-state index in [4.69, 9.17) is 15.7 Å². The van der Waals surface area contributed by atoms with Gasteiger partial charge in [-0.25, -0.2) is 24.3 Å². The molecule has 4 atom stereocenters. The molecule has 2 bridgehead atoms. The zero-order valence-corrected chi connectivity index (χ0v) is 23.1. The number of nitrogens with one attached hydrogen (secondary N) is 3. The van der Waals surface area contributed by atoms with E-state index in [2.05, 4.69) is 30.8 Å². The Bertz CT molecular complexity index is 1420. The number of aliphatic imine (C=N–C) groups is 1. The van der Waals surface area contributed by atoms with E-state index in [0.29, 0.717) is 5.82 Å². The number of aromatic amines is 1. The number of amides is 1. The first-order chi connectivity index (χ1) is 19.2. The van der Waals surface area contributed by atoms with Crippen LogP contribution < -0.4 is 16.4 Å². The predicted molar refractivity (Wildman–Crippen MR) is 152 cm³/mol. The van der Waals surface area contributed by atoms with Gasteiger partial charge >= 0.3 is 0 Å². The Morgan fingerprint density at radius 2 is 2.08 bits per heavy atom. The third kappa shape index (κ3) is 6.03. The Hall–Kier alpha value is -4.15. The predicted octanol–water partition coefficient (Wildman–Crippen LogP) is 5.14. The zero-order valence-electron chi connectivity index (χ0n) is 23.1. The minimum Gasteiger partial charge on any atom is -0.402 e. The number of aromatic nitrogens is 5. The van der Waals surface area contributed by atoms with Crippen molar-refractivity contribution < 1.29 is 9.18 Å². The summed E-state index contributed by atoms with van der Waals surface area (Å²) in [5.41, 5.74) is 7.74. The van der Waals surface area contributed by atoms with E-state index in [9.17, 15) is 9.18 Å². The highest BCUT2D eigenvalue weighted by molar-refractivity contribution is 5.80. The highest BCUT2D eigenvalue weighted by Gasteiger charge is 2.48. The topological polar surface area (TPSA) is 147 Å². The van der Waals surface area contributed by atoms with E-state index < -0.39 is 5.83 Å². The van der Waals surface area contributed by atoms with Crippen LogP contribution in [0.5, 0.6) is 0 Å². The standard InChI is InChI=1S/C29H36FN9O/c1-17-11-25(36-26-12-18(2)38-39-26)37-28(34-17)29-9-4-5-20(13-29)23(8-10-29)27(40)35-19(3)21-6-7-24(32-15-21)33-16-22(30)14-31/h6-7,11-12,14-16,19-20,23H,4-5,8-10,13,31H2,1-3H3,(H,35,40)(H2,34,36,37,38,39)/t19-,20?,23?,29?/m0/s1. The maximum atomic E-state index is 13.4. The number of H-pyrrole nitrogens is 1. The molecule has 0 aliphatic heterocycles. The second-order valence-electron chi connectivity index (χ2n) is 11.1. The molecule has 3 aromatic rings. The van der Waals surface area contributed by atoms with Crippen molar-refractivity contribution in [3.05, 3.63) is 65.3 Å². The number of hydrogen-bond acceptors (Lipinski definition) is 8. The number of nitrogens with zero attached hydrogens (tertiary/aromatic N) is 5. The molecule has 1 amide bonds. The molecule has 210 valence electrons. The Balaban J connectivity index is 1.25. The second kappa shape index (κ2) is 11.5. The number of halogens is 1. The van der Waals surface area contributed by atoms with Gasteiger partial charge < -0.3 is 16.4 Å². The summed E-state index contributed by atoms with van der Waals surface area (Å²) in [5, 5.41) is 13.7. The summed E-state index contributed by atoms with van der Waals surface area (Å²) in [7, 11) is 0. The fourth-order valence-corrected chi connectivity index (χ4v) is 6.09. The highest BCUT2D eigenvalue weighted by Crippen LogP contribution is 2.52. The number of anilines is 2. The SMILES string of the molecule is Cc1cc(Nc2cc(C)[nH]n2)nc(C23CCCC(C2)C(C(=O)N[C@@H](C)c2ccc(N=CC(F)=CN)nc2)CC3)n1. The van der Waals surface area contributed by atoms with E-state index >= 15 is 0 Å². The van der Waals surface area contributed by atoms with Crippen molar-refractivity contribution >= 4 is 29.6 Å². The van der Waals surface area contributed by atoms with Gasteiger partial charge in [-0.2, -0.15) is 5.10 Å². The van der Waals surface area contributed by atoms with Gasteiger partial charge in [0.1, 0.15) is 11.6 Å². The van der Waals surface area contributed by atoms with Crippen LogP contribution in [-0.4, -0.2) is 37.3 Å². The fourth-order valence-electron chi connectivity index (χ4n) is 6.09. The van der Waals surface area contributed by atoms with E-state index in [1.54, 1.807) is 12.3 Å². The molecule has 0 radical (unpaired) electrons. The van der Waals surface area contributed by atoms with Crippen molar-refractivity contribution in [3.63, 3.8) is 0 Å². The quantitative estimate of drug-likeness (QED) is 0.287. The maximum Gasteiger partial charge on any atom is 0.223 e. The van der Waals surface area contributed by atoms with Crippen molar-refractivity contribution in [2.24, 2.45) is 22.6 Å². The molecule has 5 N–H and O–H groups in total. The third-order valence-corrected chi connectivity index (χ3v) is 8.12. The molecule has 40 heavy (non-hydrogen) atoms. The van der Waals surface area contributed by atoms with Crippen LogP contribution in [0.25, 0.3) is 0 Å². The summed E-state index contributed by atoms with van der Waals surface area (Å²) in [6, 6.07) is 7.19. The first kappa shape index (κ1) is 27.4. The first-order valence-electron chi connectivity index (χ1n) is 13.8. The Labute approximate surface area is 233 Å². The maximum absolute atomic E-state index is 13.4. The van der Waals surface area contributed by atoms with Gasteiger partial charge in [-0.1, -0.05) is 12.5 Å². The van der Waals surface area contributed by atoms with Gasteiger partial charge in [0, 0.05) is 47.3 Å². The van der Waals surface area contributed by atoms with Crippen LogP contribution in [0.1, 0.15) is 74.3 Å². The monoisotopic (exact) mass is 545 g/mol. The van der Waals surface area contributed by atoms with Crippen LogP contribution in [0.3, 0.4) is 0 Å². The molecule has 3 heterocycles. The average Bonchev–Trinajstić information content (AvgIpc) is 3.35. The van der Waals surface area contributed by atoms with Crippen molar-refractivity contribution in [3.8, 4) is 0 Å². The van der Waals surface area contributed by atoms with Gasteiger partial charge in [-0.15, -0.1) is 0 Å². The van der Waals surface area contributed by atoms with E-state index in [1.165, 1.54) is 0 Å². The van der Waals surface area contributed by atoms with Gasteiger partial charge in [0.2, 0.25) is 5.91 Å². The fraction of sp³-hybridized carbons (Fsp3) is 0.448. The minimum absolute atomic E-state index is 0.0480.